The SMILES string of the molecule is CC(C(N)=O)N(C)Cc1ccc(OCc2ccccc2)cc1. The second-order valence-electron chi connectivity index (χ2n) is 5.41. The highest BCUT2D eigenvalue weighted by Crippen LogP contribution is 2.15. The number of likely N-dealkylation sites (N-methyl/N-ethyl adjacent to an activating group) is 1. The van der Waals surface area contributed by atoms with Gasteiger partial charge in [0.25, 0.3) is 0 Å². The summed E-state index contributed by atoms with van der Waals surface area (Å²) in [6, 6.07) is 17.7. The lowest BCUT2D eigenvalue weighted by Gasteiger charge is -2.21. The summed E-state index contributed by atoms with van der Waals surface area (Å²) in [7, 11) is 1.88. The molecule has 1 amide bonds. The molecular weight excluding hydrogens is 276 g/mol. The number of carbonyl (C=O) groups excluding carboxylic acids is 1. The molecule has 0 aliphatic rings. The van der Waals surface area contributed by atoms with Gasteiger partial charge in [-0.05, 0) is 37.2 Å². The Morgan fingerprint density at radius 3 is 2.32 bits per heavy atom. The predicted molar refractivity (Wildman–Crippen MR) is 87.3 cm³/mol. The number of primary amides is 1. The van der Waals surface area contributed by atoms with Crippen LogP contribution < -0.4 is 10.5 Å². The first-order valence-electron chi connectivity index (χ1n) is 7.31. The lowest BCUT2D eigenvalue weighted by molar-refractivity contribution is -0.122. The number of rotatable bonds is 7. The lowest BCUT2D eigenvalue weighted by Crippen LogP contribution is -2.39. The van der Waals surface area contributed by atoms with Crippen molar-refractivity contribution in [3.8, 4) is 5.75 Å². The van der Waals surface area contributed by atoms with Gasteiger partial charge in [0.15, 0.2) is 0 Å². The van der Waals surface area contributed by atoms with Crippen molar-refractivity contribution in [2.45, 2.75) is 26.1 Å². The molecule has 0 saturated carbocycles. The summed E-state index contributed by atoms with van der Waals surface area (Å²) in [5.74, 6) is 0.517. The summed E-state index contributed by atoms with van der Waals surface area (Å²) in [5.41, 5.74) is 7.56. The van der Waals surface area contributed by atoms with Gasteiger partial charge in [0.1, 0.15) is 12.4 Å². The molecule has 22 heavy (non-hydrogen) atoms. The van der Waals surface area contributed by atoms with Crippen LogP contribution in [0.25, 0.3) is 0 Å². The minimum Gasteiger partial charge on any atom is -0.489 e. The van der Waals surface area contributed by atoms with Crippen LogP contribution in [0, 0.1) is 0 Å². The maximum absolute atomic E-state index is 11.2. The summed E-state index contributed by atoms with van der Waals surface area (Å²) < 4.78 is 5.75. The van der Waals surface area contributed by atoms with E-state index in [1.54, 1.807) is 6.92 Å². The molecule has 116 valence electrons. The lowest BCUT2D eigenvalue weighted by atomic mass is 10.2. The van der Waals surface area contributed by atoms with Gasteiger partial charge in [-0.3, -0.25) is 9.69 Å². The molecule has 0 heterocycles. The molecule has 2 aromatic carbocycles. The fourth-order valence-electron chi connectivity index (χ4n) is 2.07. The highest BCUT2D eigenvalue weighted by atomic mass is 16.5. The van der Waals surface area contributed by atoms with E-state index in [0.29, 0.717) is 13.2 Å². The number of hydrogen-bond donors (Lipinski definition) is 1. The van der Waals surface area contributed by atoms with Gasteiger partial charge < -0.3 is 10.5 Å². The number of benzene rings is 2. The fourth-order valence-corrected chi connectivity index (χ4v) is 2.07. The summed E-state index contributed by atoms with van der Waals surface area (Å²) in [6.45, 7) is 3.03. The van der Waals surface area contributed by atoms with Gasteiger partial charge in [-0.1, -0.05) is 42.5 Å². The van der Waals surface area contributed by atoms with Gasteiger partial charge in [-0.2, -0.15) is 0 Å². The molecule has 1 unspecified atom stereocenters. The molecule has 0 spiro atoms. The molecule has 4 nitrogen and oxygen atoms in total. The van der Waals surface area contributed by atoms with Crippen molar-refractivity contribution in [1.29, 1.82) is 0 Å². The van der Waals surface area contributed by atoms with Crippen molar-refractivity contribution in [2.75, 3.05) is 7.05 Å². The van der Waals surface area contributed by atoms with Crippen molar-refractivity contribution in [1.82, 2.24) is 4.90 Å². The van der Waals surface area contributed by atoms with Crippen LogP contribution in [0.1, 0.15) is 18.1 Å². The zero-order valence-electron chi connectivity index (χ0n) is 13.0. The van der Waals surface area contributed by atoms with E-state index in [1.165, 1.54) is 0 Å². The topological polar surface area (TPSA) is 55.6 Å². The van der Waals surface area contributed by atoms with Gasteiger partial charge in [0.05, 0.1) is 6.04 Å². The molecule has 0 bridgehead atoms. The van der Waals surface area contributed by atoms with Crippen molar-refractivity contribution < 1.29 is 9.53 Å². The number of carbonyl (C=O) groups is 1. The molecular formula is C18H22N2O2. The molecule has 4 heteroatoms. The number of ether oxygens (including phenoxy) is 1. The van der Waals surface area contributed by atoms with Crippen LogP contribution in [-0.4, -0.2) is 23.9 Å². The average Bonchev–Trinajstić information content (AvgIpc) is 2.54. The molecule has 0 aliphatic carbocycles. The summed E-state index contributed by atoms with van der Waals surface area (Å²) >= 11 is 0. The monoisotopic (exact) mass is 298 g/mol. The minimum atomic E-state index is -0.315. The Balaban J connectivity index is 1.89. The first kappa shape index (κ1) is 16.0. The predicted octanol–water partition coefficient (Wildman–Crippen LogP) is 2.57. The third kappa shape index (κ3) is 4.60. The van der Waals surface area contributed by atoms with Gasteiger partial charge in [-0.15, -0.1) is 0 Å². The molecule has 0 saturated heterocycles. The van der Waals surface area contributed by atoms with E-state index < -0.39 is 0 Å². The number of nitrogens with two attached hydrogens (primary N) is 1. The van der Waals surface area contributed by atoms with E-state index >= 15 is 0 Å². The van der Waals surface area contributed by atoms with Crippen LogP contribution in [0.15, 0.2) is 54.6 Å². The third-order valence-corrected chi connectivity index (χ3v) is 3.68. The Bertz CT molecular complexity index is 596. The van der Waals surface area contributed by atoms with Crippen LogP contribution in [0.5, 0.6) is 5.75 Å². The van der Waals surface area contributed by atoms with Gasteiger partial charge in [0, 0.05) is 6.54 Å². The normalized spacial score (nSPS) is 12.1. The van der Waals surface area contributed by atoms with Gasteiger partial charge in [-0.25, -0.2) is 0 Å². The van der Waals surface area contributed by atoms with E-state index in [4.69, 9.17) is 10.5 Å². The zero-order chi connectivity index (χ0) is 15.9. The van der Waals surface area contributed by atoms with Crippen molar-refractivity contribution in [2.24, 2.45) is 5.73 Å². The van der Waals surface area contributed by atoms with E-state index in [9.17, 15) is 4.79 Å². The molecule has 0 aliphatic heterocycles. The Kier molecular flexibility index (Phi) is 5.55. The molecule has 2 rings (SSSR count). The Hall–Kier alpha value is -2.33. The highest BCUT2D eigenvalue weighted by Gasteiger charge is 2.14. The van der Waals surface area contributed by atoms with E-state index in [1.807, 2.05) is 66.5 Å². The number of amides is 1. The average molecular weight is 298 g/mol. The number of hydrogen-bond acceptors (Lipinski definition) is 3. The van der Waals surface area contributed by atoms with Gasteiger partial charge >= 0.3 is 0 Å². The van der Waals surface area contributed by atoms with Crippen LogP contribution in [0.4, 0.5) is 0 Å². The largest absolute Gasteiger partial charge is 0.489 e. The van der Waals surface area contributed by atoms with Gasteiger partial charge in [0.2, 0.25) is 5.91 Å². The summed E-state index contributed by atoms with van der Waals surface area (Å²) in [5, 5.41) is 0. The van der Waals surface area contributed by atoms with Crippen molar-refractivity contribution >= 4 is 5.91 Å². The van der Waals surface area contributed by atoms with E-state index in [2.05, 4.69) is 0 Å². The van der Waals surface area contributed by atoms with Crippen LogP contribution in [0.3, 0.4) is 0 Å². The maximum Gasteiger partial charge on any atom is 0.234 e. The second-order valence-corrected chi connectivity index (χ2v) is 5.41. The maximum atomic E-state index is 11.2. The second kappa shape index (κ2) is 7.61. The van der Waals surface area contributed by atoms with Crippen LogP contribution in [-0.2, 0) is 17.9 Å². The first-order chi connectivity index (χ1) is 10.6. The third-order valence-electron chi connectivity index (χ3n) is 3.68. The Labute approximate surface area is 131 Å². The van der Waals surface area contributed by atoms with Crippen molar-refractivity contribution in [3.05, 3.63) is 65.7 Å². The van der Waals surface area contributed by atoms with Crippen LogP contribution >= 0.6 is 0 Å². The summed E-state index contributed by atoms with van der Waals surface area (Å²) in [6.07, 6.45) is 0. The Morgan fingerprint density at radius 2 is 1.73 bits per heavy atom. The van der Waals surface area contributed by atoms with Crippen LogP contribution in [0.2, 0.25) is 0 Å². The Morgan fingerprint density at radius 1 is 1.09 bits per heavy atom. The molecule has 0 aromatic heterocycles. The molecule has 1 atom stereocenters. The first-order valence-corrected chi connectivity index (χ1v) is 7.31. The summed E-state index contributed by atoms with van der Waals surface area (Å²) in [4.78, 5) is 13.1. The molecule has 2 aromatic rings. The molecule has 2 N–H and O–H groups in total. The van der Waals surface area contributed by atoms with E-state index in [-0.39, 0.29) is 11.9 Å². The molecule has 0 radical (unpaired) electrons. The zero-order valence-corrected chi connectivity index (χ0v) is 13.0. The van der Waals surface area contributed by atoms with E-state index in [0.717, 1.165) is 16.9 Å². The minimum absolute atomic E-state index is 0.283. The smallest absolute Gasteiger partial charge is 0.234 e. The standard InChI is InChI=1S/C18H22N2O2/c1-14(18(19)21)20(2)12-15-8-10-17(11-9-15)22-13-16-6-4-3-5-7-16/h3-11,14H,12-13H2,1-2H3,(H2,19,21). The highest BCUT2D eigenvalue weighted by molar-refractivity contribution is 5.79. The fraction of sp³-hybridized carbons (Fsp3) is 0.278. The van der Waals surface area contributed by atoms with Crippen molar-refractivity contribution in [3.63, 3.8) is 0 Å². The number of nitrogens with zero attached hydrogens (tertiary/aromatic N) is 1. The quantitative estimate of drug-likeness (QED) is 0.854. The molecule has 0 fully saturated rings.